The standard InChI is InChI=1S/C27H37N3O5/c1-7-8-17-30(23(31)18-28-26(33)35-27(3,4)5)24(20-11-9-19(2)10-12-20)25(32)29-21-13-15-22(34-6)16-14-21/h9-16,24H,7-8,17-18H2,1-6H3,(H,28,33)(H,29,32). The number of methoxy groups -OCH3 is 1. The molecule has 0 aliphatic rings. The van der Waals surface area contributed by atoms with E-state index in [2.05, 4.69) is 10.6 Å². The van der Waals surface area contributed by atoms with Gasteiger partial charge in [0.1, 0.15) is 23.9 Å². The van der Waals surface area contributed by atoms with Crippen molar-refractivity contribution >= 4 is 23.6 Å². The molecule has 1 unspecified atom stereocenters. The molecule has 8 nitrogen and oxygen atoms in total. The Morgan fingerprint density at radius 2 is 1.63 bits per heavy atom. The number of benzene rings is 2. The van der Waals surface area contributed by atoms with Gasteiger partial charge in [-0.1, -0.05) is 43.2 Å². The molecule has 0 spiro atoms. The van der Waals surface area contributed by atoms with Crippen LogP contribution >= 0.6 is 0 Å². The molecule has 2 rings (SSSR count). The highest BCUT2D eigenvalue weighted by atomic mass is 16.6. The Balaban J connectivity index is 2.31. The predicted octanol–water partition coefficient (Wildman–Crippen LogP) is 4.84. The third kappa shape index (κ3) is 8.96. The number of carbonyl (C=O) groups is 3. The monoisotopic (exact) mass is 483 g/mol. The smallest absolute Gasteiger partial charge is 0.408 e. The summed E-state index contributed by atoms with van der Waals surface area (Å²) < 4.78 is 10.4. The number of amides is 3. The van der Waals surface area contributed by atoms with Crippen LogP contribution in [0.5, 0.6) is 5.75 Å². The van der Waals surface area contributed by atoms with Crippen molar-refractivity contribution in [1.82, 2.24) is 10.2 Å². The summed E-state index contributed by atoms with van der Waals surface area (Å²) in [7, 11) is 1.57. The van der Waals surface area contributed by atoms with Crippen molar-refractivity contribution in [2.24, 2.45) is 0 Å². The Bertz CT molecular complexity index is 981. The van der Waals surface area contributed by atoms with E-state index in [1.165, 1.54) is 4.90 Å². The van der Waals surface area contributed by atoms with Crippen LogP contribution in [-0.4, -0.2) is 48.6 Å². The first-order valence-electron chi connectivity index (χ1n) is 11.8. The maximum absolute atomic E-state index is 13.5. The third-order valence-electron chi connectivity index (χ3n) is 5.17. The van der Waals surface area contributed by atoms with E-state index in [1.54, 1.807) is 52.1 Å². The van der Waals surface area contributed by atoms with Crippen molar-refractivity contribution in [3.8, 4) is 5.75 Å². The van der Waals surface area contributed by atoms with Crippen molar-refractivity contribution in [3.05, 3.63) is 59.7 Å². The summed E-state index contributed by atoms with van der Waals surface area (Å²) in [4.78, 5) is 40.5. The van der Waals surface area contributed by atoms with Gasteiger partial charge in [-0.3, -0.25) is 9.59 Å². The number of aryl methyl sites for hydroxylation is 1. The number of carbonyl (C=O) groups excluding carboxylic acids is 3. The van der Waals surface area contributed by atoms with Gasteiger partial charge in [0, 0.05) is 12.2 Å². The summed E-state index contributed by atoms with van der Waals surface area (Å²) in [6.45, 7) is 9.30. The Labute approximate surface area is 208 Å². The van der Waals surface area contributed by atoms with Crippen LogP contribution in [0.1, 0.15) is 57.7 Å². The Morgan fingerprint density at radius 1 is 1.00 bits per heavy atom. The molecule has 0 saturated carbocycles. The van der Waals surface area contributed by atoms with Crippen molar-refractivity contribution in [2.75, 3.05) is 25.5 Å². The molecule has 0 radical (unpaired) electrons. The molecule has 0 aliphatic carbocycles. The SMILES string of the molecule is CCCCN(C(=O)CNC(=O)OC(C)(C)C)C(C(=O)Nc1ccc(OC)cc1)c1ccc(C)cc1. The van der Waals surface area contributed by atoms with Crippen LogP contribution in [0.4, 0.5) is 10.5 Å². The number of hydrogen-bond donors (Lipinski definition) is 2. The van der Waals surface area contributed by atoms with Crippen LogP contribution in [0.15, 0.2) is 48.5 Å². The van der Waals surface area contributed by atoms with Crippen molar-refractivity contribution in [3.63, 3.8) is 0 Å². The lowest BCUT2D eigenvalue weighted by Crippen LogP contribution is -2.46. The largest absolute Gasteiger partial charge is 0.497 e. The third-order valence-corrected chi connectivity index (χ3v) is 5.17. The average Bonchev–Trinajstić information content (AvgIpc) is 2.80. The molecule has 0 bridgehead atoms. The lowest BCUT2D eigenvalue weighted by molar-refractivity contribution is -0.138. The van der Waals surface area contributed by atoms with Crippen LogP contribution < -0.4 is 15.4 Å². The topological polar surface area (TPSA) is 97.0 Å². The molecule has 0 fully saturated rings. The van der Waals surface area contributed by atoms with Gasteiger partial charge in [-0.2, -0.15) is 0 Å². The second kappa shape index (κ2) is 12.8. The summed E-state index contributed by atoms with van der Waals surface area (Å²) in [6, 6.07) is 13.6. The van der Waals surface area contributed by atoms with E-state index < -0.39 is 17.7 Å². The minimum atomic E-state index is -0.878. The lowest BCUT2D eigenvalue weighted by atomic mass is 10.0. The zero-order valence-electron chi connectivity index (χ0n) is 21.5. The maximum atomic E-state index is 13.5. The highest BCUT2D eigenvalue weighted by Crippen LogP contribution is 2.25. The molecule has 0 aliphatic heterocycles. The molecule has 35 heavy (non-hydrogen) atoms. The van der Waals surface area contributed by atoms with Crippen molar-refractivity contribution < 1.29 is 23.9 Å². The van der Waals surface area contributed by atoms with E-state index in [1.807, 2.05) is 38.1 Å². The van der Waals surface area contributed by atoms with Crippen LogP contribution in [0.3, 0.4) is 0 Å². The number of nitrogens with zero attached hydrogens (tertiary/aromatic N) is 1. The van der Waals surface area contributed by atoms with E-state index in [4.69, 9.17) is 9.47 Å². The van der Waals surface area contributed by atoms with E-state index >= 15 is 0 Å². The van der Waals surface area contributed by atoms with Gasteiger partial charge >= 0.3 is 6.09 Å². The van der Waals surface area contributed by atoms with Crippen LogP contribution in [0.25, 0.3) is 0 Å². The Hall–Kier alpha value is -3.55. The maximum Gasteiger partial charge on any atom is 0.408 e. The Kier molecular flexibility index (Phi) is 10.1. The van der Waals surface area contributed by atoms with Crippen LogP contribution in [0, 0.1) is 6.92 Å². The van der Waals surface area contributed by atoms with E-state index in [0.29, 0.717) is 30.0 Å². The molecule has 2 aromatic carbocycles. The molecule has 2 aromatic rings. The second-order valence-electron chi connectivity index (χ2n) is 9.33. The highest BCUT2D eigenvalue weighted by molar-refractivity contribution is 5.98. The van der Waals surface area contributed by atoms with Gasteiger partial charge < -0.3 is 25.0 Å². The highest BCUT2D eigenvalue weighted by Gasteiger charge is 2.31. The quantitative estimate of drug-likeness (QED) is 0.504. The van der Waals surface area contributed by atoms with Gasteiger partial charge in [0.05, 0.1) is 7.11 Å². The van der Waals surface area contributed by atoms with Gasteiger partial charge in [-0.15, -0.1) is 0 Å². The van der Waals surface area contributed by atoms with Gasteiger partial charge in [0.2, 0.25) is 5.91 Å². The summed E-state index contributed by atoms with van der Waals surface area (Å²) in [5, 5.41) is 5.43. The summed E-state index contributed by atoms with van der Waals surface area (Å²) in [5.74, 6) is -0.0495. The fourth-order valence-electron chi connectivity index (χ4n) is 3.40. The van der Waals surface area contributed by atoms with Crippen LogP contribution in [0.2, 0.25) is 0 Å². The summed E-state index contributed by atoms with van der Waals surface area (Å²) in [5.41, 5.74) is 1.63. The van der Waals surface area contributed by atoms with Gasteiger partial charge in [0.25, 0.3) is 5.91 Å². The Morgan fingerprint density at radius 3 is 2.17 bits per heavy atom. The van der Waals surface area contributed by atoms with E-state index in [-0.39, 0.29) is 18.4 Å². The molecule has 3 amide bonds. The molecular formula is C27H37N3O5. The minimum absolute atomic E-state index is 0.281. The van der Waals surface area contributed by atoms with Gasteiger partial charge in [-0.05, 0) is 63.9 Å². The number of anilines is 1. The zero-order chi connectivity index (χ0) is 26.0. The molecule has 190 valence electrons. The van der Waals surface area contributed by atoms with Crippen LogP contribution in [-0.2, 0) is 14.3 Å². The molecule has 8 heteroatoms. The summed E-state index contributed by atoms with van der Waals surface area (Å²) in [6.07, 6.45) is 0.858. The van der Waals surface area contributed by atoms with Crippen molar-refractivity contribution in [1.29, 1.82) is 0 Å². The predicted molar refractivity (Wildman–Crippen MR) is 136 cm³/mol. The molecular weight excluding hydrogens is 446 g/mol. The average molecular weight is 484 g/mol. The number of hydrogen-bond acceptors (Lipinski definition) is 5. The fraction of sp³-hybridized carbons (Fsp3) is 0.444. The molecule has 0 saturated heterocycles. The van der Waals surface area contributed by atoms with E-state index in [9.17, 15) is 14.4 Å². The molecule has 0 aromatic heterocycles. The first-order chi connectivity index (χ1) is 16.5. The molecule has 2 N–H and O–H groups in total. The second-order valence-corrected chi connectivity index (χ2v) is 9.33. The molecule has 0 heterocycles. The minimum Gasteiger partial charge on any atom is -0.497 e. The lowest BCUT2D eigenvalue weighted by Gasteiger charge is -2.32. The summed E-state index contributed by atoms with van der Waals surface area (Å²) >= 11 is 0. The van der Waals surface area contributed by atoms with E-state index in [0.717, 1.165) is 12.0 Å². The number of unbranched alkanes of at least 4 members (excludes halogenated alkanes) is 1. The number of rotatable bonds is 10. The fourth-order valence-corrected chi connectivity index (χ4v) is 3.40. The first kappa shape index (κ1) is 27.7. The van der Waals surface area contributed by atoms with Gasteiger partial charge in [-0.25, -0.2) is 4.79 Å². The van der Waals surface area contributed by atoms with Gasteiger partial charge in [0.15, 0.2) is 0 Å². The van der Waals surface area contributed by atoms with Crippen molar-refractivity contribution in [2.45, 2.75) is 59.1 Å². The first-order valence-corrected chi connectivity index (χ1v) is 11.8. The number of ether oxygens (including phenoxy) is 2. The molecule has 1 atom stereocenters. The number of alkyl carbamates (subject to hydrolysis) is 1. The normalized spacial score (nSPS) is 11.8. The zero-order valence-corrected chi connectivity index (χ0v) is 21.5. The number of nitrogens with one attached hydrogen (secondary N) is 2.